The summed E-state index contributed by atoms with van der Waals surface area (Å²) in [7, 11) is -3.25. The number of amides is 1. The normalized spacial score (nSPS) is 16.0. The van der Waals surface area contributed by atoms with E-state index in [0.717, 1.165) is 12.1 Å². The van der Waals surface area contributed by atoms with Gasteiger partial charge in [0.05, 0.1) is 11.3 Å². The third-order valence-corrected chi connectivity index (χ3v) is 7.21. The van der Waals surface area contributed by atoms with Gasteiger partial charge in [-0.1, -0.05) is 19.1 Å². The van der Waals surface area contributed by atoms with Crippen molar-refractivity contribution in [2.75, 3.05) is 18.8 Å². The zero-order valence-corrected chi connectivity index (χ0v) is 18.4. The van der Waals surface area contributed by atoms with Gasteiger partial charge in [-0.25, -0.2) is 12.7 Å². The first kappa shape index (κ1) is 24.1. The van der Waals surface area contributed by atoms with E-state index in [2.05, 4.69) is 5.32 Å². The van der Waals surface area contributed by atoms with E-state index in [1.54, 1.807) is 18.2 Å². The van der Waals surface area contributed by atoms with E-state index in [1.165, 1.54) is 22.5 Å². The van der Waals surface area contributed by atoms with Crippen molar-refractivity contribution in [1.82, 2.24) is 9.62 Å². The monoisotopic (exact) mass is 470 g/mol. The maximum atomic E-state index is 12.9. The van der Waals surface area contributed by atoms with Gasteiger partial charge >= 0.3 is 6.18 Å². The number of sulfonamides is 1. The Bertz CT molecular complexity index is 1050. The van der Waals surface area contributed by atoms with Crippen LogP contribution in [-0.4, -0.2) is 43.5 Å². The SMILES string of the molecule is CCCS(=O)(=O)N1CCC(NC(=O)c2cccc(Oc3cccc(C(F)(F)F)c3)c2)CC1. The van der Waals surface area contributed by atoms with E-state index in [9.17, 15) is 26.4 Å². The summed E-state index contributed by atoms with van der Waals surface area (Å²) in [4.78, 5) is 12.6. The predicted octanol–water partition coefficient (Wildman–Crippen LogP) is 4.43. The third kappa shape index (κ3) is 6.23. The van der Waals surface area contributed by atoms with Crippen molar-refractivity contribution in [3.63, 3.8) is 0 Å². The Kier molecular flexibility index (Phi) is 7.45. The molecule has 1 saturated heterocycles. The first-order valence-electron chi connectivity index (χ1n) is 10.3. The smallest absolute Gasteiger partial charge is 0.416 e. The Morgan fingerprint density at radius 3 is 2.34 bits per heavy atom. The lowest BCUT2D eigenvalue weighted by Gasteiger charge is -2.31. The molecule has 0 spiro atoms. The van der Waals surface area contributed by atoms with E-state index in [0.29, 0.717) is 37.9 Å². The summed E-state index contributed by atoms with van der Waals surface area (Å²) >= 11 is 0. The van der Waals surface area contributed by atoms with Crippen LogP contribution in [-0.2, 0) is 16.2 Å². The van der Waals surface area contributed by atoms with Crippen molar-refractivity contribution < 1.29 is 31.1 Å². The van der Waals surface area contributed by atoms with Crippen LogP contribution in [0.5, 0.6) is 11.5 Å². The van der Waals surface area contributed by atoms with Crippen LogP contribution in [0.25, 0.3) is 0 Å². The molecule has 10 heteroatoms. The number of carbonyl (C=O) groups excluding carboxylic acids is 1. The quantitative estimate of drug-likeness (QED) is 0.650. The number of halogens is 3. The highest BCUT2D eigenvalue weighted by atomic mass is 32.2. The van der Waals surface area contributed by atoms with Gasteiger partial charge in [-0.05, 0) is 55.7 Å². The molecule has 174 valence electrons. The van der Waals surface area contributed by atoms with Gasteiger partial charge in [0, 0.05) is 24.7 Å². The molecule has 2 aromatic carbocycles. The van der Waals surface area contributed by atoms with Crippen LogP contribution in [0.15, 0.2) is 48.5 Å². The van der Waals surface area contributed by atoms with Gasteiger partial charge in [-0.3, -0.25) is 4.79 Å². The van der Waals surface area contributed by atoms with Crippen molar-refractivity contribution in [1.29, 1.82) is 0 Å². The molecule has 0 atom stereocenters. The van der Waals surface area contributed by atoms with Gasteiger partial charge in [-0.15, -0.1) is 0 Å². The zero-order valence-electron chi connectivity index (χ0n) is 17.6. The number of rotatable bonds is 7. The molecule has 0 aromatic heterocycles. The number of ether oxygens (including phenoxy) is 1. The van der Waals surface area contributed by atoms with Gasteiger partial charge in [-0.2, -0.15) is 13.2 Å². The van der Waals surface area contributed by atoms with E-state index in [4.69, 9.17) is 4.74 Å². The van der Waals surface area contributed by atoms with Crippen molar-refractivity contribution in [3.05, 3.63) is 59.7 Å². The van der Waals surface area contributed by atoms with E-state index in [-0.39, 0.29) is 29.2 Å². The molecule has 1 amide bonds. The summed E-state index contributed by atoms with van der Waals surface area (Å²) in [5.41, 5.74) is -0.522. The number of carbonyl (C=O) groups is 1. The fraction of sp³-hybridized carbons (Fsp3) is 0.409. The van der Waals surface area contributed by atoms with Gasteiger partial charge in [0.25, 0.3) is 5.91 Å². The summed E-state index contributed by atoms with van der Waals surface area (Å²) in [6.45, 7) is 2.52. The molecule has 1 N–H and O–H groups in total. The van der Waals surface area contributed by atoms with Crippen molar-refractivity contribution in [2.24, 2.45) is 0 Å². The van der Waals surface area contributed by atoms with E-state index >= 15 is 0 Å². The number of nitrogens with zero attached hydrogens (tertiary/aromatic N) is 1. The number of alkyl halides is 3. The fourth-order valence-corrected chi connectivity index (χ4v) is 5.05. The van der Waals surface area contributed by atoms with Crippen molar-refractivity contribution in [3.8, 4) is 11.5 Å². The lowest BCUT2D eigenvalue weighted by atomic mass is 10.1. The van der Waals surface area contributed by atoms with Crippen LogP contribution < -0.4 is 10.1 Å². The molecule has 0 radical (unpaired) electrons. The van der Waals surface area contributed by atoms with E-state index in [1.807, 2.05) is 6.92 Å². The summed E-state index contributed by atoms with van der Waals surface area (Å²) in [5.74, 6) is 0.00717. The van der Waals surface area contributed by atoms with Gasteiger partial charge in [0.1, 0.15) is 11.5 Å². The standard InChI is InChI=1S/C22H25F3N2O4S/c1-2-13-32(29,30)27-11-9-18(10-12-27)26-21(28)16-5-3-7-19(14-16)31-20-8-4-6-17(15-20)22(23,24)25/h3-8,14-15,18H,2,9-13H2,1H3,(H,26,28). The average Bonchev–Trinajstić information content (AvgIpc) is 2.74. The topological polar surface area (TPSA) is 75.7 Å². The fourth-order valence-electron chi connectivity index (χ4n) is 3.51. The molecule has 1 heterocycles. The Morgan fingerprint density at radius 1 is 1.09 bits per heavy atom. The van der Waals surface area contributed by atoms with E-state index < -0.39 is 21.8 Å². The second-order valence-electron chi connectivity index (χ2n) is 7.62. The summed E-state index contributed by atoms with van der Waals surface area (Å²) in [6.07, 6.45) is -2.91. The molecule has 1 aliphatic rings. The number of hydrogen-bond acceptors (Lipinski definition) is 4. The average molecular weight is 471 g/mol. The predicted molar refractivity (Wildman–Crippen MR) is 114 cm³/mol. The first-order valence-corrected chi connectivity index (χ1v) is 11.9. The molecular formula is C22H25F3N2O4S. The van der Waals surface area contributed by atoms with Crippen LogP contribution in [0.3, 0.4) is 0 Å². The zero-order chi connectivity index (χ0) is 23.4. The molecule has 0 saturated carbocycles. The molecule has 1 fully saturated rings. The second kappa shape index (κ2) is 9.91. The number of nitrogens with one attached hydrogen (secondary N) is 1. The minimum Gasteiger partial charge on any atom is -0.457 e. The van der Waals surface area contributed by atoms with Gasteiger partial charge < -0.3 is 10.1 Å². The van der Waals surface area contributed by atoms with Gasteiger partial charge in [0.2, 0.25) is 10.0 Å². The second-order valence-corrected chi connectivity index (χ2v) is 9.71. The number of benzene rings is 2. The molecule has 32 heavy (non-hydrogen) atoms. The minimum absolute atomic E-state index is 0.0121. The van der Waals surface area contributed by atoms with Crippen LogP contribution in [0.1, 0.15) is 42.1 Å². The minimum atomic E-state index is -4.48. The molecule has 0 bridgehead atoms. The summed E-state index contributed by atoms with van der Waals surface area (Å²) in [5, 5.41) is 2.89. The van der Waals surface area contributed by atoms with Crippen LogP contribution in [0.4, 0.5) is 13.2 Å². The lowest BCUT2D eigenvalue weighted by Crippen LogP contribution is -2.47. The molecular weight excluding hydrogens is 445 g/mol. The molecule has 6 nitrogen and oxygen atoms in total. The molecule has 0 unspecified atom stereocenters. The van der Waals surface area contributed by atoms with Crippen molar-refractivity contribution in [2.45, 2.75) is 38.4 Å². The van der Waals surface area contributed by atoms with Crippen LogP contribution in [0.2, 0.25) is 0 Å². The largest absolute Gasteiger partial charge is 0.457 e. The summed E-state index contributed by atoms with van der Waals surface area (Å²) < 4.78 is 69.9. The highest BCUT2D eigenvalue weighted by Gasteiger charge is 2.31. The maximum Gasteiger partial charge on any atom is 0.416 e. The number of hydrogen-bond donors (Lipinski definition) is 1. The Morgan fingerprint density at radius 2 is 1.72 bits per heavy atom. The molecule has 0 aliphatic carbocycles. The van der Waals surface area contributed by atoms with Crippen LogP contribution in [0, 0.1) is 0 Å². The highest BCUT2D eigenvalue weighted by Crippen LogP contribution is 2.32. The molecule has 2 aromatic rings. The highest BCUT2D eigenvalue weighted by molar-refractivity contribution is 7.89. The maximum absolute atomic E-state index is 12.9. The first-order chi connectivity index (χ1) is 15.1. The summed E-state index contributed by atoms with van der Waals surface area (Å²) in [6, 6.07) is 10.5. The molecule has 1 aliphatic heterocycles. The Balaban J connectivity index is 1.61. The number of piperidine rings is 1. The Hall–Kier alpha value is -2.59. The van der Waals surface area contributed by atoms with Crippen LogP contribution >= 0.6 is 0 Å². The Labute approximate surface area is 185 Å². The molecule has 3 rings (SSSR count). The van der Waals surface area contributed by atoms with Crippen molar-refractivity contribution >= 4 is 15.9 Å². The lowest BCUT2D eigenvalue weighted by molar-refractivity contribution is -0.137. The third-order valence-electron chi connectivity index (χ3n) is 5.14. The van der Waals surface area contributed by atoms with Gasteiger partial charge in [0.15, 0.2) is 0 Å².